The Morgan fingerprint density at radius 1 is 0.897 bits per heavy atom. The van der Waals surface area contributed by atoms with Crippen molar-refractivity contribution < 1.29 is 37.5 Å². The average molecular weight is 824 g/mol. The van der Waals surface area contributed by atoms with Crippen LogP contribution in [-0.2, 0) is 30.8 Å². The van der Waals surface area contributed by atoms with Gasteiger partial charge in [0, 0.05) is 22.7 Å². The molecule has 9 rings (SSSR count). The van der Waals surface area contributed by atoms with E-state index in [1.54, 1.807) is 72.8 Å². The van der Waals surface area contributed by atoms with Crippen LogP contribution in [0.25, 0.3) is 16.8 Å². The molecular formula is C44H31Cl2F3N4O5. The number of hydrogen-bond donors (Lipinski definition) is 2. The van der Waals surface area contributed by atoms with Crippen LogP contribution in [0.2, 0.25) is 10.0 Å². The number of phenolic OH excluding ortho intramolecular Hbond substituents is 1. The number of amides is 4. The number of alkyl halides is 3. The van der Waals surface area contributed by atoms with E-state index >= 15 is 9.59 Å². The molecule has 4 amide bonds. The number of pyridine rings is 1. The van der Waals surface area contributed by atoms with E-state index in [1.807, 2.05) is 18.2 Å². The molecule has 4 aliphatic rings. The first-order valence-electron chi connectivity index (χ1n) is 18.4. The lowest BCUT2D eigenvalue weighted by atomic mass is 9.48. The molecule has 0 bridgehead atoms. The van der Waals surface area contributed by atoms with E-state index in [0.29, 0.717) is 45.1 Å². The maximum absolute atomic E-state index is 15.6. The zero-order chi connectivity index (χ0) is 40.8. The quantitative estimate of drug-likeness (QED) is 0.130. The number of allylic oxidation sites excluding steroid dienone is 2. The zero-order valence-corrected chi connectivity index (χ0v) is 31.7. The fourth-order valence-corrected chi connectivity index (χ4v) is 10.0. The number of benzene rings is 4. The Morgan fingerprint density at radius 3 is 2.31 bits per heavy atom. The summed E-state index contributed by atoms with van der Waals surface area (Å²) in [6.45, 7) is 3.77. The number of nitrogens with one attached hydrogen (secondary N) is 1. The van der Waals surface area contributed by atoms with E-state index in [2.05, 4.69) is 17.0 Å². The van der Waals surface area contributed by atoms with Gasteiger partial charge in [0.15, 0.2) is 5.82 Å². The highest BCUT2D eigenvalue weighted by atomic mass is 35.5. The van der Waals surface area contributed by atoms with E-state index in [9.17, 15) is 27.9 Å². The number of hydrogen-bond acceptors (Lipinski definition) is 7. The van der Waals surface area contributed by atoms with E-state index in [4.69, 9.17) is 23.2 Å². The number of aromatic hydroxyl groups is 1. The minimum absolute atomic E-state index is 0.0726. The molecule has 0 spiro atoms. The number of halogens is 5. The molecule has 3 fully saturated rings. The topological polar surface area (TPSA) is 120 Å². The molecule has 2 saturated heterocycles. The second kappa shape index (κ2) is 13.6. The van der Waals surface area contributed by atoms with Gasteiger partial charge in [-0.25, -0.2) is 4.98 Å². The van der Waals surface area contributed by atoms with Gasteiger partial charge in [0.2, 0.25) is 11.8 Å². The largest absolute Gasteiger partial charge is 0.508 e. The van der Waals surface area contributed by atoms with E-state index in [-0.39, 0.29) is 24.4 Å². The van der Waals surface area contributed by atoms with Crippen molar-refractivity contribution in [2.45, 2.75) is 30.4 Å². The Kier molecular flexibility index (Phi) is 8.79. The number of imide groups is 2. The van der Waals surface area contributed by atoms with Crippen LogP contribution in [-0.4, -0.2) is 38.7 Å². The zero-order valence-electron chi connectivity index (χ0n) is 30.2. The average Bonchev–Trinajstić information content (AvgIpc) is 3.59. The second-order valence-corrected chi connectivity index (χ2v) is 15.8. The lowest BCUT2D eigenvalue weighted by Crippen LogP contribution is -2.53. The van der Waals surface area contributed by atoms with Crippen LogP contribution in [0, 0.1) is 23.7 Å². The third kappa shape index (κ3) is 5.49. The molecule has 2 aliphatic carbocycles. The van der Waals surface area contributed by atoms with Crippen molar-refractivity contribution in [1.82, 2.24) is 9.99 Å². The van der Waals surface area contributed by atoms with Crippen LogP contribution in [0.4, 0.5) is 24.7 Å². The fraction of sp³-hybridized carbons (Fsp3) is 0.205. The Morgan fingerprint density at radius 2 is 1.62 bits per heavy atom. The number of carbonyl (C=O) groups is 4. The lowest BCUT2D eigenvalue weighted by molar-refractivity contribution is -0.139. The van der Waals surface area contributed by atoms with Gasteiger partial charge in [-0.3, -0.25) is 29.5 Å². The molecule has 2 aliphatic heterocycles. The van der Waals surface area contributed by atoms with E-state index in [1.165, 1.54) is 11.0 Å². The monoisotopic (exact) mass is 822 g/mol. The van der Waals surface area contributed by atoms with Crippen molar-refractivity contribution in [3.8, 4) is 5.75 Å². The number of anilines is 2. The molecule has 58 heavy (non-hydrogen) atoms. The molecule has 2 N–H and O–H groups in total. The summed E-state index contributed by atoms with van der Waals surface area (Å²) < 4.78 is 40.7. The van der Waals surface area contributed by atoms with Crippen molar-refractivity contribution in [2.75, 3.05) is 10.3 Å². The van der Waals surface area contributed by atoms with Crippen LogP contribution in [0.1, 0.15) is 41.0 Å². The van der Waals surface area contributed by atoms with Gasteiger partial charge in [0.1, 0.15) is 5.75 Å². The van der Waals surface area contributed by atoms with Crippen molar-refractivity contribution in [1.29, 1.82) is 0 Å². The molecule has 1 aromatic heterocycles. The third-order valence-corrected chi connectivity index (χ3v) is 12.7. The molecule has 5 aromatic rings. The molecule has 3 heterocycles. The molecule has 292 valence electrons. The van der Waals surface area contributed by atoms with Crippen molar-refractivity contribution in [3.63, 3.8) is 0 Å². The summed E-state index contributed by atoms with van der Waals surface area (Å²) in [5, 5.41) is 13.8. The number of aromatic nitrogens is 1. The summed E-state index contributed by atoms with van der Waals surface area (Å²) in [5.41, 5.74) is 2.15. The maximum Gasteiger partial charge on any atom is 0.417 e. The van der Waals surface area contributed by atoms with Crippen LogP contribution in [0.5, 0.6) is 5.75 Å². The van der Waals surface area contributed by atoms with Crippen LogP contribution in [0.15, 0.2) is 115 Å². The minimum atomic E-state index is -4.76. The molecule has 1 saturated carbocycles. The standard InChI is InChI=1S/C44H31Cl2F3N4O5/c1-2-22-7-14-27(15-8-22)52-39(55)30-17-16-29-31(35(30)41(52)57)20-32-40(56)53(51-38-33(46)19-25(21-50-38)44(47,48)49)42(58)43(32,24-10-12-26(45)13-11-24)37(29)36-28-6-4-3-5-23(28)9-18-34(36)54/h2-16,18-19,21,30-32,35,37,54H,1,17,20H2,(H,50,51). The van der Waals surface area contributed by atoms with Gasteiger partial charge in [-0.15, -0.1) is 0 Å². The smallest absolute Gasteiger partial charge is 0.417 e. The Bertz CT molecular complexity index is 2630. The summed E-state index contributed by atoms with van der Waals surface area (Å²) in [4.78, 5) is 64.4. The number of hydrazine groups is 1. The highest BCUT2D eigenvalue weighted by molar-refractivity contribution is 6.33. The van der Waals surface area contributed by atoms with Crippen LogP contribution >= 0.6 is 23.2 Å². The predicted octanol–water partition coefficient (Wildman–Crippen LogP) is 9.10. The first-order valence-corrected chi connectivity index (χ1v) is 19.2. The van der Waals surface area contributed by atoms with Gasteiger partial charge in [0.05, 0.1) is 39.4 Å². The SMILES string of the molecule is C=Cc1ccc(N2C(=O)C3CC=C4C(CC5C(=O)N(Nc6ncc(C(F)(F)F)cc6Cl)C(=O)C5(c5ccc(Cl)cc5)C4c4c(O)ccc5ccccc45)C3C2=O)cc1. The molecule has 4 aromatic carbocycles. The molecule has 0 radical (unpaired) electrons. The summed E-state index contributed by atoms with van der Waals surface area (Å²) in [5.74, 6) is -7.76. The lowest BCUT2D eigenvalue weighted by Gasteiger charge is -2.51. The predicted molar refractivity (Wildman–Crippen MR) is 212 cm³/mol. The molecule has 6 unspecified atom stereocenters. The van der Waals surface area contributed by atoms with Gasteiger partial charge in [-0.1, -0.05) is 102 Å². The number of rotatable bonds is 6. The molecule has 9 nitrogen and oxygen atoms in total. The van der Waals surface area contributed by atoms with Crippen LogP contribution in [0.3, 0.4) is 0 Å². The maximum atomic E-state index is 15.6. The normalized spacial score (nSPS) is 25.4. The first kappa shape index (κ1) is 37.6. The number of fused-ring (bicyclic) bond motifs is 5. The fourth-order valence-electron chi connectivity index (χ4n) is 9.70. The highest BCUT2D eigenvalue weighted by Gasteiger charge is 2.71. The second-order valence-electron chi connectivity index (χ2n) is 14.9. The Labute approximate surface area is 339 Å². The van der Waals surface area contributed by atoms with Gasteiger partial charge < -0.3 is 5.11 Å². The summed E-state index contributed by atoms with van der Waals surface area (Å²) in [6.07, 6.45) is -0.649. The van der Waals surface area contributed by atoms with Gasteiger partial charge in [0.25, 0.3) is 11.8 Å². The minimum Gasteiger partial charge on any atom is -0.508 e. The summed E-state index contributed by atoms with van der Waals surface area (Å²) in [7, 11) is 0. The van der Waals surface area contributed by atoms with Crippen molar-refractivity contribution in [3.05, 3.63) is 148 Å². The number of carbonyl (C=O) groups excluding carboxylic acids is 4. The van der Waals surface area contributed by atoms with E-state index in [0.717, 1.165) is 16.0 Å². The number of phenols is 1. The molecule has 6 atom stereocenters. The van der Waals surface area contributed by atoms with Crippen LogP contribution < -0.4 is 10.3 Å². The van der Waals surface area contributed by atoms with Crippen molar-refractivity contribution in [2.24, 2.45) is 23.7 Å². The first-order chi connectivity index (χ1) is 27.7. The Hall–Kier alpha value is -5.98. The molecular weight excluding hydrogens is 792 g/mol. The van der Waals surface area contributed by atoms with Gasteiger partial charge in [-0.2, -0.15) is 18.2 Å². The highest BCUT2D eigenvalue weighted by Crippen LogP contribution is 2.65. The third-order valence-electron chi connectivity index (χ3n) is 12.2. The summed E-state index contributed by atoms with van der Waals surface area (Å²) in [6, 6.07) is 24.4. The van der Waals surface area contributed by atoms with E-state index < -0.39 is 75.4 Å². The van der Waals surface area contributed by atoms with Gasteiger partial charge >= 0.3 is 6.18 Å². The Balaban J connectivity index is 1.26. The van der Waals surface area contributed by atoms with Crippen molar-refractivity contribution >= 4 is 75.2 Å². The summed E-state index contributed by atoms with van der Waals surface area (Å²) >= 11 is 12.7. The molecule has 14 heteroatoms. The number of nitrogens with zero attached hydrogens (tertiary/aromatic N) is 3. The van der Waals surface area contributed by atoms with Gasteiger partial charge in [-0.05, 0) is 77.1 Å².